The summed E-state index contributed by atoms with van der Waals surface area (Å²) in [6.07, 6.45) is 3.29. The van der Waals surface area contributed by atoms with E-state index >= 15 is 0 Å². The number of benzene rings is 2. The highest BCUT2D eigenvalue weighted by Crippen LogP contribution is 2.31. The van der Waals surface area contributed by atoms with Crippen LogP contribution in [0, 0.1) is 6.92 Å². The third-order valence-corrected chi connectivity index (χ3v) is 4.72. The van der Waals surface area contributed by atoms with Gasteiger partial charge in [-0.3, -0.25) is 0 Å². The summed E-state index contributed by atoms with van der Waals surface area (Å²) in [7, 11) is 3.44. The lowest BCUT2D eigenvalue weighted by molar-refractivity contribution is 0.395. The number of methoxy groups -OCH3 is 2. The fourth-order valence-corrected chi connectivity index (χ4v) is 3.46. The molecule has 0 spiro atoms. The molecule has 2 aromatic carbocycles. The average molecular weight is 311 g/mol. The number of hydrogen-bond acceptors (Lipinski definition) is 3. The summed E-state index contributed by atoms with van der Waals surface area (Å²) in [6.45, 7) is 2.97. The maximum absolute atomic E-state index is 5.52. The van der Waals surface area contributed by atoms with Gasteiger partial charge in [0.1, 0.15) is 11.5 Å². The summed E-state index contributed by atoms with van der Waals surface area (Å²) in [4.78, 5) is 0. The normalized spacial score (nSPS) is 16.2. The van der Waals surface area contributed by atoms with E-state index in [-0.39, 0.29) is 0 Å². The van der Waals surface area contributed by atoms with Gasteiger partial charge in [0, 0.05) is 6.04 Å². The Kier molecular flexibility index (Phi) is 4.87. The average Bonchev–Trinajstić information content (AvgIpc) is 2.99. The zero-order valence-electron chi connectivity index (χ0n) is 14.2. The number of ether oxygens (including phenoxy) is 2. The van der Waals surface area contributed by atoms with Crippen LogP contribution in [0.25, 0.3) is 0 Å². The van der Waals surface area contributed by atoms with Crippen LogP contribution in [0.2, 0.25) is 0 Å². The zero-order valence-corrected chi connectivity index (χ0v) is 14.2. The molecule has 3 rings (SSSR count). The van der Waals surface area contributed by atoms with E-state index in [9.17, 15) is 0 Å². The van der Waals surface area contributed by atoms with Crippen LogP contribution in [0.5, 0.6) is 11.5 Å². The summed E-state index contributed by atoms with van der Waals surface area (Å²) >= 11 is 0. The van der Waals surface area contributed by atoms with E-state index in [4.69, 9.17) is 9.47 Å². The monoisotopic (exact) mass is 311 g/mol. The molecule has 1 aliphatic carbocycles. The van der Waals surface area contributed by atoms with Gasteiger partial charge in [0.05, 0.1) is 14.2 Å². The minimum Gasteiger partial charge on any atom is -0.496 e. The predicted octanol–water partition coefficient (Wildman–Crippen LogP) is 3.83. The molecule has 0 saturated heterocycles. The molecule has 23 heavy (non-hydrogen) atoms. The van der Waals surface area contributed by atoms with E-state index in [0.29, 0.717) is 6.04 Å². The minimum absolute atomic E-state index is 0.476. The lowest BCUT2D eigenvalue weighted by atomic mass is 10.1. The first kappa shape index (κ1) is 15.9. The van der Waals surface area contributed by atoms with E-state index in [1.54, 1.807) is 14.2 Å². The molecule has 2 aromatic rings. The van der Waals surface area contributed by atoms with Crippen molar-refractivity contribution >= 4 is 0 Å². The van der Waals surface area contributed by atoms with Crippen molar-refractivity contribution < 1.29 is 9.47 Å². The van der Waals surface area contributed by atoms with E-state index < -0.39 is 0 Å². The smallest absolute Gasteiger partial charge is 0.122 e. The number of fused-ring (bicyclic) bond motifs is 1. The van der Waals surface area contributed by atoms with Crippen molar-refractivity contribution in [1.29, 1.82) is 0 Å². The van der Waals surface area contributed by atoms with Gasteiger partial charge in [0.2, 0.25) is 0 Å². The number of hydrogen-bond donors (Lipinski definition) is 1. The van der Waals surface area contributed by atoms with Gasteiger partial charge < -0.3 is 14.8 Å². The molecule has 0 aliphatic heterocycles. The Balaban J connectivity index is 1.65. The van der Waals surface area contributed by atoms with Gasteiger partial charge in [-0.25, -0.2) is 0 Å². The number of rotatable bonds is 6. The molecule has 1 atom stereocenters. The molecule has 0 radical (unpaired) electrons. The predicted molar refractivity (Wildman–Crippen MR) is 93.5 cm³/mol. The second-order valence-corrected chi connectivity index (χ2v) is 6.13. The van der Waals surface area contributed by atoms with Crippen molar-refractivity contribution in [3.8, 4) is 11.5 Å². The van der Waals surface area contributed by atoms with Gasteiger partial charge in [-0.05, 0) is 67.1 Å². The number of aryl methyl sites for hydroxylation is 2. The zero-order chi connectivity index (χ0) is 16.2. The first-order chi connectivity index (χ1) is 11.2. The van der Waals surface area contributed by atoms with Crippen LogP contribution in [-0.2, 0) is 12.8 Å². The third-order valence-electron chi connectivity index (χ3n) is 4.72. The lowest BCUT2D eigenvalue weighted by Gasteiger charge is -2.16. The van der Waals surface area contributed by atoms with Gasteiger partial charge in [0.25, 0.3) is 0 Å². The van der Waals surface area contributed by atoms with Crippen molar-refractivity contribution in [2.75, 3.05) is 20.8 Å². The Labute approximate surface area is 138 Å². The van der Waals surface area contributed by atoms with Gasteiger partial charge >= 0.3 is 0 Å². The minimum atomic E-state index is 0.476. The highest BCUT2D eigenvalue weighted by molar-refractivity contribution is 5.46. The molecule has 0 bridgehead atoms. The number of nitrogens with one attached hydrogen (secondary N) is 1. The Morgan fingerprint density at radius 2 is 1.87 bits per heavy atom. The third kappa shape index (κ3) is 3.35. The van der Waals surface area contributed by atoms with Crippen LogP contribution in [0.3, 0.4) is 0 Å². The molecule has 1 N–H and O–H groups in total. The summed E-state index contributed by atoms with van der Waals surface area (Å²) in [5, 5.41) is 3.69. The van der Waals surface area contributed by atoms with E-state index in [1.807, 2.05) is 6.92 Å². The molecule has 1 aliphatic rings. The molecule has 1 unspecified atom stereocenters. The standard InChI is InChI=1S/C20H25NO2/c1-14-12-20(23-3)16(13-19(14)22-2)10-11-21-18-9-8-15-6-4-5-7-17(15)18/h4-7,12-13,18,21H,8-11H2,1-3H3. The second kappa shape index (κ2) is 7.05. The molecule has 3 nitrogen and oxygen atoms in total. The quantitative estimate of drug-likeness (QED) is 0.879. The fraction of sp³-hybridized carbons (Fsp3) is 0.400. The van der Waals surface area contributed by atoms with Gasteiger partial charge in [-0.15, -0.1) is 0 Å². The van der Waals surface area contributed by atoms with Crippen LogP contribution in [-0.4, -0.2) is 20.8 Å². The van der Waals surface area contributed by atoms with Crippen molar-refractivity contribution in [3.05, 3.63) is 58.7 Å². The first-order valence-corrected chi connectivity index (χ1v) is 8.25. The van der Waals surface area contributed by atoms with Crippen molar-refractivity contribution in [3.63, 3.8) is 0 Å². The molecule has 0 amide bonds. The summed E-state index contributed by atoms with van der Waals surface area (Å²) in [5.74, 6) is 1.86. The fourth-order valence-electron chi connectivity index (χ4n) is 3.46. The summed E-state index contributed by atoms with van der Waals surface area (Å²) in [5.41, 5.74) is 5.24. The van der Waals surface area contributed by atoms with Crippen molar-refractivity contribution in [1.82, 2.24) is 5.32 Å². The van der Waals surface area contributed by atoms with Gasteiger partial charge in [0.15, 0.2) is 0 Å². The molecule has 0 aromatic heterocycles. The molecule has 0 saturated carbocycles. The highest BCUT2D eigenvalue weighted by Gasteiger charge is 2.21. The second-order valence-electron chi connectivity index (χ2n) is 6.13. The van der Waals surface area contributed by atoms with E-state index in [2.05, 4.69) is 41.7 Å². The molecular weight excluding hydrogens is 286 g/mol. The Bertz CT molecular complexity index is 681. The molecule has 0 fully saturated rings. The van der Waals surface area contributed by atoms with E-state index in [1.165, 1.54) is 29.5 Å². The lowest BCUT2D eigenvalue weighted by Crippen LogP contribution is -2.22. The van der Waals surface area contributed by atoms with Gasteiger partial charge in [-0.1, -0.05) is 24.3 Å². The first-order valence-electron chi connectivity index (χ1n) is 8.25. The van der Waals surface area contributed by atoms with Crippen LogP contribution in [0.1, 0.15) is 34.7 Å². The topological polar surface area (TPSA) is 30.5 Å². The van der Waals surface area contributed by atoms with Crippen molar-refractivity contribution in [2.24, 2.45) is 0 Å². The van der Waals surface area contributed by atoms with Crippen LogP contribution >= 0.6 is 0 Å². The van der Waals surface area contributed by atoms with Crippen LogP contribution in [0.4, 0.5) is 0 Å². The molecule has 0 heterocycles. The summed E-state index contributed by atoms with van der Waals surface area (Å²) in [6, 6.07) is 13.4. The van der Waals surface area contributed by atoms with Crippen molar-refractivity contribution in [2.45, 2.75) is 32.2 Å². The highest BCUT2D eigenvalue weighted by atomic mass is 16.5. The maximum atomic E-state index is 5.52. The Hall–Kier alpha value is -2.00. The largest absolute Gasteiger partial charge is 0.496 e. The Morgan fingerprint density at radius 3 is 2.65 bits per heavy atom. The molecule has 122 valence electrons. The van der Waals surface area contributed by atoms with E-state index in [0.717, 1.165) is 30.0 Å². The molecule has 3 heteroatoms. The van der Waals surface area contributed by atoms with Crippen LogP contribution < -0.4 is 14.8 Å². The van der Waals surface area contributed by atoms with Gasteiger partial charge in [-0.2, -0.15) is 0 Å². The van der Waals surface area contributed by atoms with Crippen LogP contribution in [0.15, 0.2) is 36.4 Å². The summed E-state index contributed by atoms with van der Waals surface area (Å²) < 4.78 is 11.0. The Morgan fingerprint density at radius 1 is 1.09 bits per heavy atom. The maximum Gasteiger partial charge on any atom is 0.122 e. The SMILES string of the molecule is COc1cc(CCNC2CCc3ccccc32)c(OC)cc1C. The molecular formula is C20H25NO2.